The van der Waals surface area contributed by atoms with Gasteiger partial charge in [-0.1, -0.05) is 30.3 Å². The highest BCUT2D eigenvalue weighted by atomic mass is 32.1. The van der Waals surface area contributed by atoms with Crippen molar-refractivity contribution >= 4 is 46.5 Å². The highest BCUT2D eigenvalue weighted by Gasteiger charge is 2.21. The molecule has 0 saturated carbocycles. The number of esters is 1. The summed E-state index contributed by atoms with van der Waals surface area (Å²) in [5.41, 5.74) is 7.11. The van der Waals surface area contributed by atoms with E-state index in [0.29, 0.717) is 22.0 Å². The van der Waals surface area contributed by atoms with Gasteiger partial charge in [0.15, 0.2) is 12.4 Å². The molecular weight excluding hydrogens is 468 g/mol. The van der Waals surface area contributed by atoms with Crippen LogP contribution in [-0.2, 0) is 11.3 Å². The van der Waals surface area contributed by atoms with Gasteiger partial charge < -0.3 is 25.4 Å². The number of ether oxygens (including phenoxy) is 2. The maximum atomic E-state index is 12.9. The molecule has 0 bridgehead atoms. The summed E-state index contributed by atoms with van der Waals surface area (Å²) in [6.45, 7) is -0.247. The van der Waals surface area contributed by atoms with Crippen LogP contribution in [-0.4, -0.2) is 41.0 Å². The van der Waals surface area contributed by atoms with Crippen LogP contribution in [0.5, 0.6) is 5.75 Å². The van der Waals surface area contributed by atoms with E-state index in [1.165, 1.54) is 16.2 Å². The van der Waals surface area contributed by atoms with Crippen LogP contribution in [0.1, 0.15) is 25.9 Å². The number of hydrogen-bond donors (Lipinski definition) is 2. The number of para-hydroxylation sites is 3. The summed E-state index contributed by atoms with van der Waals surface area (Å²) in [6.07, 6.45) is 0. The summed E-state index contributed by atoms with van der Waals surface area (Å²) in [5.74, 6) is 0.0306. The topological polar surface area (TPSA) is 133 Å². The molecule has 0 fully saturated rings. The van der Waals surface area contributed by atoms with Crippen molar-refractivity contribution in [2.24, 2.45) is 0 Å². The van der Waals surface area contributed by atoms with Gasteiger partial charge in [0.05, 0.1) is 28.9 Å². The van der Waals surface area contributed by atoms with Gasteiger partial charge in [-0.25, -0.2) is 4.79 Å². The van der Waals surface area contributed by atoms with E-state index < -0.39 is 5.97 Å². The van der Waals surface area contributed by atoms with E-state index in [1.54, 1.807) is 62.7 Å². The molecule has 178 valence electrons. The molecule has 4 rings (SSSR count). The normalized spacial score (nSPS) is 10.5. The van der Waals surface area contributed by atoms with Crippen molar-refractivity contribution in [3.05, 3.63) is 82.3 Å². The van der Waals surface area contributed by atoms with Crippen molar-refractivity contribution in [2.45, 2.75) is 6.61 Å². The number of methoxy groups -OCH3 is 1. The van der Waals surface area contributed by atoms with Crippen LogP contribution in [0.15, 0.2) is 66.0 Å². The predicted molar refractivity (Wildman–Crippen MR) is 133 cm³/mol. The van der Waals surface area contributed by atoms with Gasteiger partial charge in [-0.15, -0.1) is 11.3 Å². The third-order valence-corrected chi connectivity index (χ3v) is 5.76. The Labute approximate surface area is 205 Å². The zero-order chi connectivity index (χ0) is 24.8. The Morgan fingerprint density at radius 1 is 1.03 bits per heavy atom. The lowest BCUT2D eigenvalue weighted by Crippen LogP contribution is -2.27. The molecule has 0 atom stereocenters. The first-order chi connectivity index (χ1) is 17.0. The number of anilines is 4. The Hall–Kier alpha value is -4.51. The van der Waals surface area contributed by atoms with Crippen LogP contribution in [0.3, 0.4) is 0 Å². The second-order valence-corrected chi connectivity index (χ2v) is 8.14. The van der Waals surface area contributed by atoms with Crippen molar-refractivity contribution in [3.8, 4) is 5.75 Å². The van der Waals surface area contributed by atoms with E-state index in [9.17, 15) is 9.59 Å². The summed E-state index contributed by atoms with van der Waals surface area (Å²) in [4.78, 5) is 40.0. The number of nitrogens with two attached hydrogens (primary N) is 1. The second-order valence-electron chi connectivity index (χ2n) is 7.19. The Bertz CT molecular complexity index is 1350. The number of nitrogens with one attached hydrogen (secondary N) is 1. The molecule has 0 spiro atoms. The summed E-state index contributed by atoms with van der Waals surface area (Å²) in [7, 11) is 3.16. The molecule has 0 aliphatic rings. The number of rotatable bonds is 8. The minimum absolute atomic E-state index is 0.0369. The number of carbonyl (C=O) groups excluding carboxylic acids is 2. The number of thiophene rings is 1. The van der Waals surface area contributed by atoms with Gasteiger partial charge in [0, 0.05) is 7.05 Å². The quantitative estimate of drug-likeness (QED) is 0.353. The van der Waals surface area contributed by atoms with Crippen LogP contribution in [0.25, 0.3) is 0 Å². The van der Waals surface area contributed by atoms with E-state index in [0.717, 1.165) is 0 Å². The number of aromatic nitrogens is 3. The number of nitrogen functional groups attached to an aromatic ring is 1. The van der Waals surface area contributed by atoms with Gasteiger partial charge in [0.1, 0.15) is 5.75 Å². The lowest BCUT2D eigenvalue weighted by molar-refractivity contribution is 0.0463. The Balaban J connectivity index is 1.49. The van der Waals surface area contributed by atoms with Gasteiger partial charge in [0.2, 0.25) is 11.9 Å². The van der Waals surface area contributed by atoms with Crippen molar-refractivity contribution in [1.82, 2.24) is 15.0 Å². The van der Waals surface area contributed by atoms with Crippen LogP contribution in [0.4, 0.5) is 23.3 Å². The number of amides is 1. The SMILES string of the molecule is COc1ccccc1Nc1nc(N)nc(COC(=O)c2ccccc2N(C)C(=O)c2cccs2)n1. The van der Waals surface area contributed by atoms with Crippen LogP contribution in [0.2, 0.25) is 0 Å². The monoisotopic (exact) mass is 490 g/mol. The number of nitrogens with zero attached hydrogens (tertiary/aromatic N) is 4. The summed E-state index contributed by atoms with van der Waals surface area (Å²) in [5, 5.41) is 4.84. The molecule has 0 saturated heterocycles. The fraction of sp³-hybridized carbons (Fsp3) is 0.125. The van der Waals surface area contributed by atoms with Crippen molar-refractivity contribution in [2.75, 3.05) is 30.1 Å². The third-order valence-electron chi connectivity index (χ3n) is 4.91. The van der Waals surface area contributed by atoms with Crippen molar-refractivity contribution < 1.29 is 19.1 Å². The predicted octanol–water partition coefficient (Wildman–Crippen LogP) is 3.90. The molecule has 10 nitrogen and oxygen atoms in total. The Morgan fingerprint density at radius 2 is 1.80 bits per heavy atom. The average molecular weight is 491 g/mol. The highest BCUT2D eigenvalue weighted by molar-refractivity contribution is 7.12. The molecule has 4 aromatic rings. The molecule has 0 aliphatic carbocycles. The Kier molecular flexibility index (Phi) is 7.17. The molecule has 2 aromatic carbocycles. The molecule has 35 heavy (non-hydrogen) atoms. The minimum atomic E-state index is -0.635. The maximum Gasteiger partial charge on any atom is 0.340 e. The first-order valence-corrected chi connectivity index (χ1v) is 11.3. The first-order valence-electron chi connectivity index (χ1n) is 10.4. The van der Waals surface area contributed by atoms with Crippen LogP contribution >= 0.6 is 11.3 Å². The summed E-state index contributed by atoms with van der Waals surface area (Å²) >= 11 is 1.33. The lowest BCUT2D eigenvalue weighted by atomic mass is 10.1. The van der Waals surface area contributed by atoms with Gasteiger partial charge in [-0.05, 0) is 35.7 Å². The van der Waals surface area contributed by atoms with Gasteiger partial charge in [-0.2, -0.15) is 15.0 Å². The average Bonchev–Trinajstić information content (AvgIpc) is 3.41. The maximum absolute atomic E-state index is 12.9. The Morgan fingerprint density at radius 3 is 2.57 bits per heavy atom. The summed E-state index contributed by atoms with van der Waals surface area (Å²) < 4.78 is 10.8. The van der Waals surface area contributed by atoms with E-state index >= 15 is 0 Å². The van der Waals surface area contributed by atoms with Gasteiger partial charge in [-0.3, -0.25) is 4.79 Å². The lowest BCUT2D eigenvalue weighted by Gasteiger charge is -2.19. The van der Waals surface area contributed by atoms with Crippen molar-refractivity contribution in [3.63, 3.8) is 0 Å². The van der Waals surface area contributed by atoms with Crippen LogP contribution in [0, 0.1) is 0 Å². The largest absolute Gasteiger partial charge is 0.495 e. The molecular formula is C24H22N6O4S. The molecule has 0 radical (unpaired) electrons. The van der Waals surface area contributed by atoms with Crippen molar-refractivity contribution in [1.29, 1.82) is 0 Å². The standard InChI is InChI=1S/C24H22N6O4S/c1-30(21(31)19-12-7-13-35-19)17-10-5-3-8-15(17)22(32)34-14-20-27-23(25)29-24(28-20)26-16-9-4-6-11-18(16)33-2/h3-13H,14H2,1-2H3,(H3,25,26,27,28,29). The van der Waals surface area contributed by atoms with E-state index in [4.69, 9.17) is 15.2 Å². The van der Waals surface area contributed by atoms with E-state index in [2.05, 4.69) is 20.3 Å². The number of carbonyl (C=O) groups is 2. The molecule has 0 unspecified atom stereocenters. The fourth-order valence-electron chi connectivity index (χ4n) is 3.25. The third kappa shape index (κ3) is 5.53. The second kappa shape index (κ2) is 10.6. The zero-order valence-corrected chi connectivity index (χ0v) is 19.8. The van der Waals surface area contributed by atoms with E-state index in [-0.39, 0.29) is 35.8 Å². The molecule has 1 amide bonds. The first kappa shape index (κ1) is 23.6. The van der Waals surface area contributed by atoms with Crippen LogP contribution < -0.4 is 20.7 Å². The smallest absolute Gasteiger partial charge is 0.340 e. The molecule has 11 heteroatoms. The van der Waals surface area contributed by atoms with E-state index in [1.807, 2.05) is 17.5 Å². The van der Waals surface area contributed by atoms with Gasteiger partial charge >= 0.3 is 5.97 Å². The highest BCUT2D eigenvalue weighted by Crippen LogP contribution is 2.26. The molecule has 2 heterocycles. The molecule has 0 aliphatic heterocycles. The fourth-order valence-corrected chi connectivity index (χ4v) is 3.95. The minimum Gasteiger partial charge on any atom is -0.495 e. The summed E-state index contributed by atoms with van der Waals surface area (Å²) in [6, 6.07) is 17.5. The van der Waals surface area contributed by atoms with Gasteiger partial charge in [0.25, 0.3) is 5.91 Å². The molecule has 2 aromatic heterocycles. The number of hydrogen-bond acceptors (Lipinski definition) is 10. The zero-order valence-electron chi connectivity index (χ0n) is 19.0. The number of benzene rings is 2. The molecule has 3 N–H and O–H groups in total.